The summed E-state index contributed by atoms with van der Waals surface area (Å²) >= 11 is 0. The number of Topliss-reactive ketones (excluding diaryl/α,β-unsaturated/α-hetero) is 2. The van der Waals surface area contributed by atoms with Gasteiger partial charge < -0.3 is 9.59 Å². The van der Waals surface area contributed by atoms with Crippen molar-refractivity contribution in [1.29, 1.82) is 0 Å². The van der Waals surface area contributed by atoms with Crippen LogP contribution in [-0.4, -0.2) is 11.6 Å². The summed E-state index contributed by atoms with van der Waals surface area (Å²) in [7, 11) is 0. The maximum absolute atomic E-state index is 9.44. The molecule has 4 heteroatoms. The molecule has 0 saturated heterocycles. The Morgan fingerprint density at radius 1 is 0.700 bits per heavy atom. The summed E-state index contributed by atoms with van der Waals surface area (Å²) in [5, 5.41) is 0. The maximum Gasteiger partial charge on any atom is 0.126 e. The van der Waals surface area contributed by atoms with Crippen LogP contribution in [0.25, 0.3) is 0 Å². The first kappa shape index (κ1) is 22.4. The van der Waals surface area contributed by atoms with Crippen LogP contribution >= 0.6 is 0 Å². The van der Waals surface area contributed by atoms with E-state index in [0.29, 0.717) is 0 Å². The average Bonchev–Trinajstić information content (AvgIpc) is 1.25. The van der Waals surface area contributed by atoms with Crippen molar-refractivity contribution in [3.05, 3.63) is 0 Å². The number of hydrogen-bond donors (Lipinski definition) is 0. The minimum Gasteiger partial charge on any atom is -0.300 e. The van der Waals surface area contributed by atoms with Crippen LogP contribution in [0, 0.1) is 0 Å². The number of rotatable bonds is 0. The van der Waals surface area contributed by atoms with Crippen molar-refractivity contribution in [3.8, 4) is 0 Å². The Hall–Kier alpha value is 0.379. The SMILES string of the molecule is CC(C)=O.CC(C)=O.[Fe].[Fe]. The van der Waals surface area contributed by atoms with Crippen molar-refractivity contribution in [2.45, 2.75) is 27.7 Å². The van der Waals surface area contributed by atoms with E-state index in [9.17, 15) is 9.59 Å². The first-order valence-corrected chi connectivity index (χ1v) is 2.41. The van der Waals surface area contributed by atoms with Gasteiger partial charge in [-0.2, -0.15) is 0 Å². The van der Waals surface area contributed by atoms with Crippen LogP contribution in [-0.2, 0) is 43.7 Å². The molecule has 0 unspecified atom stereocenters. The monoisotopic (exact) mass is 228 g/mol. The molecule has 0 aromatic carbocycles. The van der Waals surface area contributed by atoms with E-state index in [1.807, 2.05) is 0 Å². The smallest absolute Gasteiger partial charge is 0.126 e. The zero-order valence-corrected chi connectivity index (χ0v) is 8.73. The van der Waals surface area contributed by atoms with Gasteiger partial charge in [0.15, 0.2) is 0 Å². The molecule has 10 heavy (non-hydrogen) atoms. The fraction of sp³-hybridized carbons (Fsp3) is 0.667. The topological polar surface area (TPSA) is 34.1 Å². The van der Waals surface area contributed by atoms with Gasteiger partial charge in [0, 0.05) is 34.1 Å². The van der Waals surface area contributed by atoms with Crippen molar-refractivity contribution < 1.29 is 43.7 Å². The van der Waals surface area contributed by atoms with Gasteiger partial charge >= 0.3 is 0 Å². The summed E-state index contributed by atoms with van der Waals surface area (Å²) in [6, 6.07) is 0. The number of ketones is 2. The Balaban J connectivity index is -0.0000000300. The van der Waals surface area contributed by atoms with Gasteiger partial charge in [-0.05, 0) is 27.7 Å². The molecule has 0 fully saturated rings. The number of hydrogen-bond acceptors (Lipinski definition) is 2. The molecular formula is C6H12Fe2O2. The molecule has 0 aliphatic rings. The Kier molecular flexibility index (Phi) is 36.3. The van der Waals surface area contributed by atoms with Gasteiger partial charge in [0.25, 0.3) is 0 Å². The van der Waals surface area contributed by atoms with Gasteiger partial charge in [0.1, 0.15) is 11.6 Å². The third-order valence-corrected chi connectivity index (χ3v) is 0. The fourth-order valence-corrected chi connectivity index (χ4v) is 0. The molecule has 0 bridgehead atoms. The standard InChI is InChI=1S/2C3H6O.2Fe/c2*1-3(2)4;;/h2*1-2H3;;. The summed E-state index contributed by atoms with van der Waals surface area (Å²) in [5.74, 6) is 0.333. The number of carbonyl (C=O) groups is 2. The van der Waals surface area contributed by atoms with E-state index in [-0.39, 0.29) is 45.7 Å². The molecular weight excluding hydrogens is 216 g/mol. The summed E-state index contributed by atoms with van der Waals surface area (Å²) < 4.78 is 0. The second kappa shape index (κ2) is 16.2. The molecule has 0 saturated carbocycles. The third kappa shape index (κ3) is 3180. The average molecular weight is 228 g/mol. The van der Waals surface area contributed by atoms with Crippen LogP contribution in [0.1, 0.15) is 27.7 Å². The predicted molar refractivity (Wildman–Crippen MR) is 32.7 cm³/mol. The van der Waals surface area contributed by atoms with Crippen LogP contribution < -0.4 is 0 Å². The molecule has 0 spiro atoms. The molecule has 0 radical (unpaired) electrons. The fourth-order valence-electron chi connectivity index (χ4n) is 0. The molecule has 0 aromatic heterocycles. The normalized spacial score (nSPS) is 5.20. The Bertz CT molecular complexity index is 71.7. The van der Waals surface area contributed by atoms with E-state index in [4.69, 9.17) is 0 Å². The third-order valence-electron chi connectivity index (χ3n) is 0. The molecule has 0 atom stereocenters. The molecule has 64 valence electrons. The molecule has 0 aromatic rings. The van der Waals surface area contributed by atoms with Gasteiger partial charge in [0.05, 0.1) is 0 Å². The summed E-state index contributed by atoms with van der Waals surface area (Å²) in [6.45, 7) is 6.11. The van der Waals surface area contributed by atoms with E-state index < -0.39 is 0 Å². The predicted octanol–water partition coefficient (Wildman–Crippen LogP) is 1.19. The van der Waals surface area contributed by atoms with E-state index in [1.165, 1.54) is 27.7 Å². The maximum atomic E-state index is 9.44. The zero-order chi connectivity index (χ0) is 7.15. The van der Waals surface area contributed by atoms with Crippen molar-refractivity contribution in [3.63, 3.8) is 0 Å². The molecule has 0 heterocycles. The van der Waals surface area contributed by atoms with Crippen molar-refractivity contribution >= 4 is 11.6 Å². The molecule has 0 aliphatic heterocycles. The first-order valence-electron chi connectivity index (χ1n) is 2.41. The number of carbonyl (C=O) groups excluding carboxylic acids is 2. The molecule has 0 N–H and O–H groups in total. The second-order valence-corrected chi connectivity index (χ2v) is 1.82. The Morgan fingerprint density at radius 3 is 0.700 bits per heavy atom. The van der Waals surface area contributed by atoms with Crippen LogP contribution in [0.15, 0.2) is 0 Å². The van der Waals surface area contributed by atoms with E-state index in [0.717, 1.165) is 0 Å². The van der Waals surface area contributed by atoms with Gasteiger partial charge in [-0.3, -0.25) is 0 Å². The molecule has 2 nitrogen and oxygen atoms in total. The van der Waals surface area contributed by atoms with Gasteiger partial charge in [-0.1, -0.05) is 0 Å². The van der Waals surface area contributed by atoms with Crippen molar-refractivity contribution in [2.24, 2.45) is 0 Å². The second-order valence-electron chi connectivity index (χ2n) is 1.82. The van der Waals surface area contributed by atoms with Gasteiger partial charge in [-0.15, -0.1) is 0 Å². The summed E-state index contributed by atoms with van der Waals surface area (Å²) in [5.41, 5.74) is 0. The Morgan fingerprint density at radius 2 is 0.700 bits per heavy atom. The quantitative estimate of drug-likeness (QED) is 0.583. The minimum absolute atomic E-state index is 0. The van der Waals surface area contributed by atoms with Crippen LogP contribution in [0.5, 0.6) is 0 Å². The van der Waals surface area contributed by atoms with Crippen molar-refractivity contribution in [2.75, 3.05) is 0 Å². The molecule has 0 amide bonds. The molecule has 0 aliphatic carbocycles. The van der Waals surface area contributed by atoms with E-state index in [1.54, 1.807) is 0 Å². The van der Waals surface area contributed by atoms with Crippen molar-refractivity contribution in [1.82, 2.24) is 0 Å². The van der Waals surface area contributed by atoms with E-state index >= 15 is 0 Å². The molecule has 0 rings (SSSR count). The zero-order valence-electron chi connectivity index (χ0n) is 6.52. The van der Waals surface area contributed by atoms with Gasteiger partial charge in [0.2, 0.25) is 0 Å². The van der Waals surface area contributed by atoms with Crippen LogP contribution in [0.4, 0.5) is 0 Å². The van der Waals surface area contributed by atoms with Crippen LogP contribution in [0.3, 0.4) is 0 Å². The van der Waals surface area contributed by atoms with Gasteiger partial charge in [-0.25, -0.2) is 0 Å². The summed E-state index contributed by atoms with van der Waals surface area (Å²) in [4.78, 5) is 18.9. The van der Waals surface area contributed by atoms with Crippen LogP contribution in [0.2, 0.25) is 0 Å². The van der Waals surface area contributed by atoms with E-state index in [2.05, 4.69) is 0 Å². The summed E-state index contributed by atoms with van der Waals surface area (Å²) in [6.07, 6.45) is 0. The minimum atomic E-state index is 0. The Labute approximate surface area is 83.1 Å². The first-order chi connectivity index (χ1) is 3.46. The largest absolute Gasteiger partial charge is 0.300 e.